The third kappa shape index (κ3) is 1.39. The summed E-state index contributed by atoms with van der Waals surface area (Å²) in [5.74, 6) is -0.654. The van der Waals surface area contributed by atoms with Crippen LogP contribution in [0.4, 0.5) is 5.69 Å². The van der Waals surface area contributed by atoms with E-state index >= 15 is 0 Å². The molecule has 2 N–H and O–H groups in total. The lowest BCUT2D eigenvalue weighted by Crippen LogP contribution is -2.34. The molecule has 2 aromatic carbocycles. The van der Waals surface area contributed by atoms with Gasteiger partial charge in [0.25, 0.3) is 11.8 Å². The maximum absolute atomic E-state index is 11.8. The first-order valence-corrected chi connectivity index (χ1v) is 5.87. The number of carbonyl (C=O) groups excluding carboxylic acids is 2. The van der Waals surface area contributed by atoms with Crippen LogP contribution in [0.1, 0.15) is 27.6 Å². The second-order valence-electron chi connectivity index (χ2n) is 4.20. The first-order chi connectivity index (χ1) is 8.72. The quantitative estimate of drug-likeness (QED) is 0.791. The van der Waals surface area contributed by atoms with Crippen molar-refractivity contribution >= 4 is 28.3 Å². The van der Waals surface area contributed by atoms with Crippen LogP contribution in [0.5, 0.6) is 0 Å². The van der Waals surface area contributed by atoms with Crippen LogP contribution >= 0.6 is 0 Å². The van der Waals surface area contributed by atoms with E-state index in [-0.39, 0.29) is 11.8 Å². The number of imide groups is 1. The van der Waals surface area contributed by atoms with Crippen molar-refractivity contribution in [1.29, 1.82) is 0 Å². The summed E-state index contributed by atoms with van der Waals surface area (Å²) in [6.45, 7) is 2.80. The van der Waals surface area contributed by atoms with Crippen LogP contribution in [0.3, 0.4) is 0 Å². The number of carbonyl (C=O) groups is 2. The van der Waals surface area contributed by atoms with Crippen molar-refractivity contribution in [2.75, 3.05) is 11.9 Å². The minimum atomic E-state index is -0.327. The maximum Gasteiger partial charge on any atom is 0.258 e. The third-order valence-corrected chi connectivity index (χ3v) is 3.12. The molecule has 1 aliphatic heterocycles. The molecule has 1 heterocycles. The van der Waals surface area contributed by atoms with Gasteiger partial charge in [-0.2, -0.15) is 0 Å². The van der Waals surface area contributed by atoms with Crippen LogP contribution < -0.4 is 10.6 Å². The van der Waals surface area contributed by atoms with Gasteiger partial charge in [-0.1, -0.05) is 12.1 Å². The number of benzene rings is 2. The molecule has 0 atom stereocenters. The largest absolute Gasteiger partial charge is 0.385 e. The highest BCUT2D eigenvalue weighted by atomic mass is 16.2. The minimum Gasteiger partial charge on any atom is -0.385 e. The number of hydrogen-bond acceptors (Lipinski definition) is 3. The predicted octanol–water partition coefficient (Wildman–Crippen LogP) is 2.16. The molecule has 2 amide bonds. The molecule has 0 bridgehead atoms. The van der Waals surface area contributed by atoms with Crippen molar-refractivity contribution in [3.63, 3.8) is 0 Å². The summed E-state index contributed by atoms with van der Waals surface area (Å²) in [6, 6.07) is 9.12. The molecule has 18 heavy (non-hydrogen) atoms. The van der Waals surface area contributed by atoms with Gasteiger partial charge >= 0.3 is 0 Å². The van der Waals surface area contributed by atoms with E-state index in [0.29, 0.717) is 11.1 Å². The molecule has 0 aliphatic carbocycles. The van der Waals surface area contributed by atoms with Crippen LogP contribution in [0.2, 0.25) is 0 Å². The zero-order valence-corrected chi connectivity index (χ0v) is 9.91. The van der Waals surface area contributed by atoms with Gasteiger partial charge in [0.2, 0.25) is 0 Å². The summed E-state index contributed by atoms with van der Waals surface area (Å²) in [6.07, 6.45) is 0. The normalized spacial score (nSPS) is 13.6. The van der Waals surface area contributed by atoms with Crippen molar-refractivity contribution in [3.8, 4) is 0 Å². The Morgan fingerprint density at radius 3 is 2.50 bits per heavy atom. The summed E-state index contributed by atoms with van der Waals surface area (Å²) in [5, 5.41) is 7.24. The number of nitrogens with one attached hydrogen (secondary N) is 2. The van der Waals surface area contributed by atoms with Crippen LogP contribution in [0, 0.1) is 0 Å². The van der Waals surface area contributed by atoms with Crippen LogP contribution in [-0.2, 0) is 0 Å². The fourth-order valence-corrected chi connectivity index (χ4v) is 2.37. The predicted molar refractivity (Wildman–Crippen MR) is 69.9 cm³/mol. The van der Waals surface area contributed by atoms with Gasteiger partial charge in [0.05, 0.1) is 0 Å². The fourth-order valence-electron chi connectivity index (χ4n) is 2.37. The highest BCUT2D eigenvalue weighted by Crippen LogP contribution is 2.31. The topological polar surface area (TPSA) is 58.2 Å². The van der Waals surface area contributed by atoms with Crippen LogP contribution in [-0.4, -0.2) is 18.4 Å². The Balaban J connectivity index is 2.41. The van der Waals surface area contributed by atoms with E-state index in [1.165, 1.54) is 0 Å². The van der Waals surface area contributed by atoms with Crippen LogP contribution in [0.15, 0.2) is 30.3 Å². The van der Waals surface area contributed by atoms with Crippen molar-refractivity contribution in [2.24, 2.45) is 0 Å². The van der Waals surface area contributed by atoms with E-state index in [2.05, 4.69) is 10.6 Å². The first kappa shape index (κ1) is 10.8. The van der Waals surface area contributed by atoms with Gasteiger partial charge in [0.15, 0.2) is 0 Å². The second kappa shape index (κ2) is 3.84. The molecule has 0 fully saturated rings. The van der Waals surface area contributed by atoms with Crippen LogP contribution in [0.25, 0.3) is 10.8 Å². The molecule has 0 spiro atoms. The SMILES string of the molecule is CCNc1ccc2c3c(cccc13)C(=O)NC2=O. The van der Waals surface area contributed by atoms with E-state index < -0.39 is 0 Å². The second-order valence-corrected chi connectivity index (χ2v) is 4.20. The molecule has 2 aromatic rings. The third-order valence-electron chi connectivity index (χ3n) is 3.12. The Labute approximate surface area is 104 Å². The molecule has 90 valence electrons. The zero-order valence-electron chi connectivity index (χ0n) is 9.91. The minimum absolute atomic E-state index is 0.327. The van der Waals surface area contributed by atoms with Crippen molar-refractivity contribution in [1.82, 2.24) is 5.32 Å². The first-order valence-electron chi connectivity index (χ1n) is 5.87. The number of hydrogen-bond donors (Lipinski definition) is 2. The maximum atomic E-state index is 11.8. The molecule has 0 saturated heterocycles. The molecule has 0 radical (unpaired) electrons. The van der Waals surface area contributed by atoms with Gasteiger partial charge in [-0.3, -0.25) is 14.9 Å². The van der Waals surface area contributed by atoms with E-state index in [0.717, 1.165) is 23.0 Å². The number of amides is 2. The average molecular weight is 240 g/mol. The Hall–Kier alpha value is -2.36. The highest BCUT2D eigenvalue weighted by Gasteiger charge is 2.25. The van der Waals surface area contributed by atoms with E-state index in [9.17, 15) is 9.59 Å². The molecule has 4 heteroatoms. The Morgan fingerprint density at radius 2 is 1.78 bits per heavy atom. The van der Waals surface area contributed by atoms with E-state index in [1.54, 1.807) is 12.1 Å². The Bertz CT molecular complexity index is 657. The summed E-state index contributed by atoms with van der Waals surface area (Å²) in [4.78, 5) is 23.6. The summed E-state index contributed by atoms with van der Waals surface area (Å²) in [7, 11) is 0. The lowest BCUT2D eigenvalue weighted by atomic mass is 9.94. The van der Waals surface area contributed by atoms with Gasteiger partial charge in [-0.05, 0) is 25.1 Å². The molecule has 0 saturated carbocycles. The van der Waals surface area contributed by atoms with Gasteiger partial charge in [0, 0.05) is 34.1 Å². The van der Waals surface area contributed by atoms with Gasteiger partial charge in [-0.15, -0.1) is 0 Å². The molecular weight excluding hydrogens is 228 g/mol. The number of rotatable bonds is 2. The molecular formula is C14H12N2O2. The standard InChI is InChI=1S/C14H12N2O2/c1-2-15-11-7-6-10-12-8(11)4-3-5-9(12)13(17)16-14(10)18/h3-7,15H,2H2,1H3,(H,16,17,18). The lowest BCUT2D eigenvalue weighted by Gasteiger charge is -2.18. The highest BCUT2D eigenvalue weighted by molar-refractivity contribution is 6.26. The zero-order chi connectivity index (χ0) is 12.7. The van der Waals surface area contributed by atoms with Crippen molar-refractivity contribution in [2.45, 2.75) is 6.92 Å². The molecule has 4 nitrogen and oxygen atoms in total. The molecule has 0 aromatic heterocycles. The van der Waals surface area contributed by atoms with Crippen molar-refractivity contribution in [3.05, 3.63) is 41.5 Å². The average Bonchev–Trinajstić information content (AvgIpc) is 2.37. The summed E-state index contributed by atoms with van der Waals surface area (Å²) < 4.78 is 0. The summed E-state index contributed by atoms with van der Waals surface area (Å²) >= 11 is 0. The smallest absolute Gasteiger partial charge is 0.258 e. The van der Waals surface area contributed by atoms with E-state index in [4.69, 9.17) is 0 Å². The Morgan fingerprint density at radius 1 is 1.06 bits per heavy atom. The molecule has 3 rings (SSSR count). The Kier molecular flexibility index (Phi) is 2.30. The van der Waals surface area contributed by atoms with Gasteiger partial charge < -0.3 is 5.32 Å². The van der Waals surface area contributed by atoms with Crippen molar-refractivity contribution < 1.29 is 9.59 Å². The number of anilines is 1. The van der Waals surface area contributed by atoms with E-state index in [1.807, 2.05) is 25.1 Å². The monoisotopic (exact) mass is 240 g/mol. The fraction of sp³-hybridized carbons (Fsp3) is 0.143. The summed E-state index contributed by atoms with van der Waals surface area (Å²) in [5.41, 5.74) is 2.06. The lowest BCUT2D eigenvalue weighted by molar-refractivity contribution is 0.0845. The van der Waals surface area contributed by atoms with Gasteiger partial charge in [-0.25, -0.2) is 0 Å². The molecule has 1 aliphatic rings. The van der Waals surface area contributed by atoms with Gasteiger partial charge in [0.1, 0.15) is 0 Å². The molecule has 0 unspecified atom stereocenters.